The van der Waals surface area contributed by atoms with E-state index < -0.39 is 0 Å². The molecular formula is C10H15N7O. The first kappa shape index (κ1) is 12.1. The Morgan fingerprint density at radius 3 is 3.00 bits per heavy atom. The van der Waals surface area contributed by atoms with Crippen LogP contribution in [0, 0.1) is 0 Å². The monoisotopic (exact) mass is 249 g/mol. The van der Waals surface area contributed by atoms with Gasteiger partial charge in [-0.25, -0.2) is 0 Å². The number of hydrogen-bond acceptors (Lipinski definition) is 7. The number of aromatic nitrogens is 5. The normalized spacial score (nSPS) is 12.1. The van der Waals surface area contributed by atoms with E-state index in [4.69, 9.17) is 10.5 Å². The number of anilines is 2. The minimum atomic E-state index is -0.116. The molecule has 2 heterocycles. The van der Waals surface area contributed by atoms with Crippen LogP contribution in [0.25, 0.3) is 0 Å². The summed E-state index contributed by atoms with van der Waals surface area (Å²) in [6.45, 7) is 4.30. The average molecular weight is 249 g/mol. The van der Waals surface area contributed by atoms with Crippen molar-refractivity contribution in [1.29, 1.82) is 0 Å². The molecule has 0 aromatic carbocycles. The van der Waals surface area contributed by atoms with Crippen molar-refractivity contribution in [3.8, 4) is 5.88 Å². The van der Waals surface area contributed by atoms with Crippen LogP contribution >= 0.6 is 0 Å². The van der Waals surface area contributed by atoms with Crippen LogP contribution in [0.15, 0.2) is 12.1 Å². The van der Waals surface area contributed by atoms with Gasteiger partial charge in [0.2, 0.25) is 5.88 Å². The molecule has 96 valence electrons. The van der Waals surface area contributed by atoms with Gasteiger partial charge in [-0.1, -0.05) is 5.21 Å². The average Bonchev–Trinajstić information content (AvgIpc) is 2.87. The molecular weight excluding hydrogens is 234 g/mol. The molecule has 1 unspecified atom stereocenters. The number of aromatic amines is 1. The third-order valence-electron chi connectivity index (χ3n) is 2.28. The first-order valence-corrected chi connectivity index (χ1v) is 5.60. The van der Waals surface area contributed by atoms with Crippen molar-refractivity contribution in [1.82, 2.24) is 25.6 Å². The summed E-state index contributed by atoms with van der Waals surface area (Å²) in [4.78, 5) is 4.27. The number of ether oxygens (including phenoxy) is 1. The van der Waals surface area contributed by atoms with E-state index in [9.17, 15) is 0 Å². The van der Waals surface area contributed by atoms with Gasteiger partial charge in [-0.2, -0.15) is 10.2 Å². The van der Waals surface area contributed by atoms with Crippen molar-refractivity contribution in [2.24, 2.45) is 0 Å². The van der Waals surface area contributed by atoms with Gasteiger partial charge in [-0.3, -0.25) is 0 Å². The summed E-state index contributed by atoms with van der Waals surface area (Å²) < 4.78 is 5.32. The van der Waals surface area contributed by atoms with Crippen LogP contribution in [0.2, 0.25) is 0 Å². The Kier molecular flexibility index (Phi) is 3.56. The minimum absolute atomic E-state index is 0.116. The number of nitrogen functional groups attached to an aromatic ring is 1. The smallest absolute Gasteiger partial charge is 0.239 e. The molecule has 8 nitrogen and oxygen atoms in total. The molecule has 18 heavy (non-hydrogen) atoms. The summed E-state index contributed by atoms with van der Waals surface area (Å²) in [5.41, 5.74) is 6.25. The molecule has 0 aliphatic rings. The topological polar surface area (TPSA) is 115 Å². The van der Waals surface area contributed by atoms with Crippen LogP contribution in [-0.4, -0.2) is 32.2 Å². The molecule has 0 saturated carbocycles. The van der Waals surface area contributed by atoms with Crippen molar-refractivity contribution >= 4 is 11.5 Å². The summed E-state index contributed by atoms with van der Waals surface area (Å²) in [5, 5.41) is 16.8. The van der Waals surface area contributed by atoms with Crippen molar-refractivity contribution < 1.29 is 4.74 Å². The lowest BCUT2D eigenvalue weighted by Crippen LogP contribution is -2.10. The molecule has 2 aromatic heterocycles. The fourth-order valence-electron chi connectivity index (χ4n) is 1.42. The minimum Gasteiger partial charge on any atom is -0.476 e. The van der Waals surface area contributed by atoms with E-state index in [0.717, 1.165) is 0 Å². The second-order valence-corrected chi connectivity index (χ2v) is 3.66. The van der Waals surface area contributed by atoms with E-state index in [1.165, 1.54) is 0 Å². The van der Waals surface area contributed by atoms with Crippen LogP contribution in [0.3, 0.4) is 0 Å². The quantitative estimate of drug-likeness (QED) is 0.716. The van der Waals surface area contributed by atoms with Crippen molar-refractivity contribution in [3.63, 3.8) is 0 Å². The summed E-state index contributed by atoms with van der Waals surface area (Å²) in [7, 11) is 0. The third-order valence-corrected chi connectivity index (χ3v) is 2.28. The number of nitrogens with two attached hydrogens (primary N) is 1. The highest BCUT2D eigenvalue weighted by molar-refractivity contribution is 5.53. The molecule has 0 amide bonds. The van der Waals surface area contributed by atoms with Gasteiger partial charge in [-0.05, 0) is 26.0 Å². The lowest BCUT2D eigenvalue weighted by molar-refractivity contribution is 0.329. The molecule has 0 radical (unpaired) electrons. The van der Waals surface area contributed by atoms with E-state index in [1.54, 1.807) is 12.1 Å². The van der Waals surface area contributed by atoms with E-state index in [1.807, 2.05) is 13.8 Å². The number of tetrazole rings is 1. The van der Waals surface area contributed by atoms with Crippen molar-refractivity contribution in [2.75, 3.05) is 17.7 Å². The number of pyridine rings is 1. The zero-order valence-corrected chi connectivity index (χ0v) is 10.2. The number of hydrogen-bond donors (Lipinski definition) is 3. The van der Waals surface area contributed by atoms with E-state index in [-0.39, 0.29) is 6.04 Å². The molecule has 0 saturated heterocycles. The van der Waals surface area contributed by atoms with Gasteiger partial charge >= 0.3 is 0 Å². The second-order valence-electron chi connectivity index (χ2n) is 3.66. The Morgan fingerprint density at radius 2 is 2.33 bits per heavy atom. The Labute approximate surface area is 104 Å². The van der Waals surface area contributed by atoms with Gasteiger partial charge < -0.3 is 15.8 Å². The predicted molar refractivity (Wildman–Crippen MR) is 66.0 cm³/mol. The lowest BCUT2D eigenvalue weighted by atomic mass is 10.3. The highest BCUT2D eigenvalue weighted by Gasteiger charge is 2.11. The maximum Gasteiger partial charge on any atom is 0.239 e. The number of nitrogens with zero attached hydrogens (tertiary/aromatic N) is 4. The Balaban J connectivity index is 2.12. The zero-order chi connectivity index (χ0) is 13.0. The fraction of sp³-hybridized carbons (Fsp3) is 0.400. The van der Waals surface area contributed by atoms with E-state index in [0.29, 0.717) is 29.8 Å². The number of rotatable bonds is 5. The molecule has 8 heteroatoms. The second kappa shape index (κ2) is 5.30. The van der Waals surface area contributed by atoms with Crippen LogP contribution < -0.4 is 15.8 Å². The number of nitrogens with one attached hydrogen (secondary N) is 2. The van der Waals surface area contributed by atoms with Gasteiger partial charge in [0.25, 0.3) is 0 Å². The Morgan fingerprint density at radius 1 is 1.50 bits per heavy atom. The van der Waals surface area contributed by atoms with Gasteiger partial charge in [0.15, 0.2) is 5.82 Å². The molecule has 4 N–H and O–H groups in total. The first-order chi connectivity index (χ1) is 8.70. The summed E-state index contributed by atoms with van der Waals surface area (Å²) in [6, 6.07) is 3.40. The summed E-state index contributed by atoms with van der Waals surface area (Å²) in [6.07, 6.45) is 0. The molecule has 1 atom stereocenters. The molecule has 0 spiro atoms. The Hall–Kier alpha value is -2.38. The molecule has 2 aromatic rings. The molecule has 2 rings (SSSR count). The maximum absolute atomic E-state index is 5.75. The fourth-order valence-corrected chi connectivity index (χ4v) is 1.42. The zero-order valence-electron chi connectivity index (χ0n) is 10.2. The van der Waals surface area contributed by atoms with Gasteiger partial charge in [0, 0.05) is 0 Å². The first-order valence-electron chi connectivity index (χ1n) is 5.60. The predicted octanol–water partition coefficient (Wildman–Crippen LogP) is 0.749. The molecule has 0 fully saturated rings. The Bertz CT molecular complexity index is 499. The van der Waals surface area contributed by atoms with Crippen LogP contribution in [0.5, 0.6) is 5.88 Å². The largest absolute Gasteiger partial charge is 0.476 e. The summed E-state index contributed by atoms with van der Waals surface area (Å²) >= 11 is 0. The van der Waals surface area contributed by atoms with Crippen molar-refractivity contribution in [3.05, 3.63) is 18.0 Å². The standard InChI is InChI=1S/C10H15N7O/c1-3-18-10-7(11)4-5-8(13-10)12-6(2)9-14-16-17-15-9/h4-6H,3,11H2,1-2H3,(H,12,13)(H,14,15,16,17). The van der Waals surface area contributed by atoms with Gasteiger partial charge in [0.1, 0.15) is 5.82 Å². The van der Waals surface area contributed by atoms with Gasteiger partial charge in [0.05, 0.1) is 18.3 Å². The molecule has 0 aliphatic heterocycles. The van der Waals surface area contributed by atoms with E-state index >= 15 is 0 Å². The molecule has 0 bridgehead atoms. The summed E-state index contributed by atoms with van der Waals surface area (Å²) in [5.74, 6) is 1.62. The highest BCUT2D eigenvalue weighted by atomic mass is 16.5. The third kappa shape index (κ3) is 2.65. The van der Waals surface area contributed by atoms with Crippen molar-refractivity contribution in [2.45, 2.75) is 19.9 Å². The van der Waals surface area contributed by atoms with Crippen LogP contribution in [0.4, 0.5) is 11.5 Å². The highest BCUT2D eigenvalue weighted by Crippen LogP contribution is 2.22. The van der Waals surface area contributed by atoms with Crippen LogP contribution in [-0.2, 0) is 0 Å². The van der Waals surface area contributed by atoms with Crippen LogP contribution in [0.1, 0.15) is 25.7 Å². The molecule has 0 aliphatic carbocycles. The maximum atomic E-state index is 5.75. The number of H-pyrrole nitrogens is 1. The SMILES string of the molecule is CCOc1nc(NC(C)c2nn[nH]n2)ccc1N. The van der Waals surface area contributed by atoms with Gasteiger partial charge in [-0.15, -0.1) is 10.2 Å². The lowest BCUT2D eigenvalue weighted by Gasteiger charge is -2.12. The van der Waals surface area contributed by atoms with E-state index in [2.05, 4.69) is 30.9 Å².